The third-order valence-corrected chi connectivity index (χ3v) is 7.05. The van der Waals surface area contributed by atoms with Gasteiger partial charge in [-0.05, 0) is 61.7 Å². The zero-order valence-electron chi connectivity index (χ0n) is 19.4. The molecule has 1 aliphatic heterocycles. The molecule has 2 aromatic carbocycles. The van der Waals surface area contributed by atoms with E-state index >= 15 is 0 Å². The molecule has 5 rings (SSSR count). The average molecular weight is 487 g/mol. The minimum atomic E-state index is -0.132. The van der Waals surface area contributed by atoms with Crippen molar-refractivity contribution in [2.24, 2.45) is 0 Å². The molecule has 3 heterocycles. The van der Waals surface area contributed by atoms with E-state index in [0.29, 0.717) is 17.9 Å². The van der Waals surface area contributed by atoms with Crippen LogP contribution in [0.25, 0.3) is 23.1 Å². The minimum Gasteiger partial charge on any atom is -0.618 e. The molecule has 1 amide bonds. The van der Waals surface area contributed by atoms with Gasteiger partial charge in [0.1, 0.15) is 0 Å². The highest BCUT2D eigenvalue weighted by molar-refractivity contribution is 7.99. The van der Waals surface area contributed by atoms with E-state index in [1.54, 1.807) is 37.0 Å². The van der Waals surface area contributed by atoms with Crippen molar-refractivity contribution in [1.82, 2.24) is 15.1 Å². The maximum Gasteiger partial charge on any atom is 0.252 e. The fourth-order valence-corrected chi connectivity index (χ4v) is 5.18. The number of nitrogens with one attached hydrogen (secondary N) is 1. The van der Waals surface area contributed by atoms with Gasteiger partial charge in [-0.3, -0.25) is 4.79 Å². The molecular weight excluding hydrogens is 460 g/mol. The van der Waals surface area contributed by atoms with Gasteiger partial charge in [0.05, 0.1) is 16.8 Å². The molecule has 1 aliphatic rings. The first-order chi connectivity index (χ1) is 17.1. The second-order valence-electron chi connectivity index (χ2n) is 8.29. The zero-order chi connectivity index (χ0) is 24.2. The third-order valence-electron chi connectivity index (χ3n) is 5.99. The Balaban J connectivity index is 1.55. The van der Waals surface area contributed by atoms with Crippen LogP contribution in [0.2, 0.25) is 0 Å². The van der Waals surface area contributed by atoms with Gasteiger partial charge in [-0.2, -0.15) is 9.83 Å². The summed E-state index contributed by atoms with van der Waals surface area (Å²) in [5, 5.41) is 20.6. The number of fused-ring (bicyclic) bond motifs is 1. The molecule has 1 saturated heterocycles. The normalized spacial score (nSPS) is 16.1. The van der Waals surface area contributed by atoms with E-state index in [1.165, 1.54) is 6.20 Å². The zero-order valence-corrected chi connectivity index (χ0v) is 20.2. The summed E-state index contributed by atoms with van der Waals surface area (Å²) in [5.74, 6) is -0.112. The van der Waals surface area contributed by atoms with E-state index in [1.807, 2.05) is 53.2 Å². The lowest BCUT2D eigenvalue weighted by molar-refractivity contribution is -0.607. The Morgan fingerprint density at radius 1 is 1.17 bits per heavy atom. The van der Waals surface area contributed by atoms with E-state index in [2.05, 4.69) is 11.4 Å². The Kier molecular flexibility index (Phi) is 6.83. The van der Waals surface area contributed by atoms with Gasteiger partial charge in [0.15, 0.2) is 12.4 Å². The largest absolute Gasteiger partial charge is 0.618 e. The van der Waals surface area contributed by atoms with Crippen LogP contribution in [0.4, 0.5) is 0 Å². The summed E-state index contributed by atoms with van der Waals surface area (Å²) in [6.45, 7) is 0.714. The van der Waals surface area contributed by atoms with Gasteiger partial charge in [0.2, 0.25) is 5.69 Å². The highest BCUT2D eigenvalue weighted by Crippen LogP contribution is 2.35. The van der Waals surface area contributed by atoms with Crippen LogP contribution in [-0.2, 0) is 4.74 Å². The summed E-state index contributed by atoms with van der Waals surface area (Å²) in [6, 6.07) is 19.1. The third kappa shape index (κ3) is 4.94. The van der Waals surface area contributed by atoms with Crippen molar-refractivity contribution in [3.8, 4) is 0 Å². The summed E-state index contributed by atoms with van der Waals surface area (Å²) in [4.78, 5) is 14.2. The van der Waals surface area contributed by atoms with Crippen LogP contribution in [0.5, 0.6) is 0 Å². The van der Waals surface area contributed by atoms with E-state index in [4.69, 9.17) is 9.84 Å². The van der Waals surface area contributed by atoms with Crippen molar-refractivity contribution in [2.75, 3.05) is 13.7 Å². The van der Waals surface area contributed by atoms with E-state index in [9.17, 15) is 10.0 Å². The molecule has 2 aromatic heterocycles. The molecule has 0 aliphatic carbocycles. The maximum absolute atomic E-state index is 12.3. The molecule has 0 radical (unpaired) electrons. The van der Waals surface area contributed by atoms with Gasteiger partial charge in [-0.1, -0.05) is 23.9 Å². The number of pyridine rings is 1. The van der Waals surface area contributed by atoms with Crippen LogP contribution >= 0.6 is 11.8 Å². The van der Waals surface area contributed by atoms with Crippen molar-refractivity contribution >= 4 is 40.7 Å². The molecule has 4 aromatic rings. The number of carbonyl (C=O) groups is 1. The molecule has 8 heteroatoms. The molecule has 1 fully saturated rings. The molecule has 1 unspecified atom stereocenters. The van der Waals surface area contributed by atoms with Gasteiger partial charge < -0.3 is 15.3 Å². The molecule has 1 N–H and O–H groups in total. The molecule has 178 valence electrons. The molecule has 7 nitrogen and oxygen atoms in total. The topological polar surface area (TPSA) is 83.1 Å². The molecular formula is C27H26N4O3S. The Morgan fingerprint density at radius 2 is 2.03 bits per heavy atom. The molecule has 0 spiro atoms. The van der Waals surface area contributed by atoms with E-state index in [0.717, 1.165) is 50.4 Å². The minimum absolute atomic E-state index is 0.112. The predicted molar refractivity (Wildman–Crippen MR) is 137 cm³/mol. The van der Waals surface area contributed by atoms with Crippen LogP contribution in [0, 0.1) is 5.21 Å². The highest BCUT2D eigenvalue weighted by atomic mass is 32.2. The molecule has 35 heavy (non-hydrogen) atoms. The number of hydrogen-bond acceptors (Lipinski definition) is 5. The first kappa shape index (κ1) is 23.1. The van der Waals surface area contributed by atoms with Gasteiger partial charge in [-0.25, -0.2) is 4.68 Å². The Hall–Kier alpha value is -3.62. The molecule has 0 saturated carbocycles. The van der Waals surface area contributed by atoms with Crippen molar-refractivity contribution < 1.29 is 14.3 Å². The summed E-state index contributed by atoms with van der Waals surface area (Å²) < 4.78 is 8.84. The van der Waals surface area contributed by atoms with Crippen LogP contribution in [0.3, 0.4) is 0 Å². The highest BCUT2D eigenvalue weighted by Gasteiger charge is 2.21. The van der Waals surface area contributed by atoms with Crippen LogP contribution in [0.15, 0.2) is 76.7 Å². The molecule has 1 atom stereocenters. The first-order valence-electron chi connectivity index (χ1n) is 11.6. The lowest BCUT2D eigenvalue weighted by Gasteiger charge is -2.23. The van der Waals surface area contributed by atoms with Gasteiger partial charge in [0, 0.05) is 47.0 Å². The van der Waals surface area contributed by atoms with Crippen molar-refractivity contribution in [3.63, 3.8) is 0 Å². The van der Waals surface area contributed by atoms with E-state index in [-0.39, 0.29) is 12.1 Å². The fraction of sp³-hybridized carbons (Fsp3) is 0.222. The monoisotopic (exact) mass is 486 g/mol. The Labute approximate surface area is 208 Å². The summed E-state index contributed by atoms with van der Waals surface area (Å²) >= 11 is 1.54. The van der Waals surface area contributed by atoms with Crippen LogP contribution in [-0.4, -0.2) is 29.3 Å². The number of carbonyl (C=O) groups excluding carboxylic acids is 1. The maximum atomic E-state index is 12.3. The summed E-state index contributed by atoms with van der Waals surface area (Å²) in [7, 11) is 1.64. The average Bonchev–Trinajstić information content (AvgIpc) is 3.26. The number of rotatable bonds is 6. The van der Waals surface area contributed by atoms with Crippen molar-refractivity contribution in [1.29, 1.82) is 0 Å². The lowest BCUT2D eigenvalue weighted by Crippen LogP contribution is -2.28. The Morgan fingerprint density at radius 3 is 2.83 bits per heavy atom. The smallest absolute Gasteiger partial charge is 0.252 e. The summed E-state index contributed by atoms with van der Waals surface area (Å²) in [5.41, 5.74) is 2.92. The molecule has 0 bridgehead atoms. The van der Waals surface area contributed by atoms with Gasteiger partial charge >= 0.3 is 0 Å². The SMILES string of the molecule is CNC(=O)c1ccccc1Sc1ccc2c(/C=C/c3cccc[n+]3[O-])nn(C3CCCCO3)c2c1. The number of amides is 1. The predicted octanol–water partition coefficient (Wildman–Crippen LogP) is 5.05. The number of aromatic nitrogens is 3. The number of nitrogens with zero attached hydrogens (tertiary/aromatic N) is 3. The Bertz CT molecular complexity index is 1390. The van der Waals surface area contributed by atoms with Crippen LogP contribution in [0.1, 0.15) is 47.2 Å². The first-order valence-corrected chi connectivity index (χ1v) is 12.4. The number of hydrogen-bond donors (Lipinski definition) is 1. The van der Waals surface area contributed by atoms with Crippen molar-refractivity contribution in [2.45, 2.75) is 35.3 Å². The number of benzene rings is 2. The fourth-order valence-electron chi connectivity index (χ4n) is 4.20. The second-order valence-corrected chi connectivity index (χ2v) is 9.41. The number of ether oxygens (including phenoxy) is 1. The quantitative estimate of drug-likeness (QED) is 0.305. The summed E-state index contributed by atoms with van der Waals surface area (Å²) in [6.07, 6.45) is 8.04. The lowest BCUT2D eigenvalue weighted by atomic mass is 10.1. The van der Waals surface area contributed by atoms with Crippen LogP contribution < -0.4 is 10.0 Å². The van der Waals surface area contributed by atoms with Gasteiger partial charge in [-0.15, -0.1) is 0 Å². The standard InChI is InChI=1S/C27H26N4O3S/c1-28-27(32)22-9-2-3-10-25(22)35-20-13-14-21-23(15-12-19-8-4-6-16-30(19)33)29-31(24(21)18-20)26-11-5-7-17-34-26/h2-4,6,8-10,12-16,18,26H,5,7,11,17H2,1H3,(H,28,32)/b15-12+. The van der Waals surface area contributed by atoms with Gasteiger partial charge in [0.25, 0.3) is 5.91 Å². The second kappa shape index (κ2) is 10.3. The van der Waals surface area contributed by atoms with E-state index < -0.39 is 0 Å². The van der Waals surface area contributed by atoms with Crippen molar-refractivity contribution in [3.05, 3.63) is 89.0 Å².